The van der Waals surface area contributed by atoms with Crippen LogP contribution in [0.4, 0.5) is 19.1 Å². The van der Waals surface area contributed by atoms with E-state index in [1.165, 1.54) is 6.07 Å². The molecule has 0 radical (unpaired) electrons. The third-order valence-corrected chi connectivity index (χ3v) is 7.81. The number of halogens is 2. The molecule has 2 aliphatic rings. The minimum absolute atomic E-state index is 0.151. The Morgan fingerprint density at radius 1 is 1.07 bits per heavy atom. The lowest BCUT2D eigenvalue weighted by atomic mass is 10.0. The van der Waals surface area contributed by atoms with Crippen LogP contribution < -0.4 is 10.1 Å². The average molecular weight is 619 g/mol. The van der Waals surface area contributed by atoms with E-state index in [1.807, 2.05) is 0 Å². The van der Waals surface area contributed by atoms with Crippen molar-refractivity contribution in [3.05, 3.63) is 40.7 Å². The summed E-state index contributed by atoms with van der Waals surface area (Å²) in [7, 11) is 0. The van der Waals surface area contributed by atoms with Crippen LogP contribution in [0.25, 0.3) is 21.3 Å². The smallest absolute Gasteiger partial charge is 0.413 e. The number of thiazole rings is 1. The van der Waals surface area contributed by atoms with Crippen LogP contribution in [0.3, 0.4) is 0 Å². The Morgan fingerprint density at radius 3 is 2.48 bits per heavy atom. The van der Waals surface area contributed by atoms with Crippen LogP contribution in [0.15, 0.2) is 24.3 Å². The van der Waals surface area contributed by atoms with Gasteiger partial charge in [-0.05, 0) is 65.8 Å². The van der Waals surface area contributed by atoms with Gasteiger partial charge in [0.1, 0.15) is 29.4 Å². The molecule has 1 atom stereocenters. The summed E-state index contributed by atoms with van der Waals surface area (Å²) in [5.41, 5.74) is 0.216. The Labute approximate surface area is 251 Å². The van der Waals surface area contributed by atoms with E-state index in [0.717, 1.165) is 11.3 Å². The van der Waals surface area contributed by atoms with E-state index >= 15 is 0 Å². The number of carbonyl (C=O) groups excluding carboxylic acids is 3. The van der Waals surface area contributed by atoms with Crippen LogP contribution >= 0.6 is 22.9 Å². The second kappa shape index (κ2) is 10.9. The topological polar surface area (TPSA) is 110 Å². The normalized spacial score (nSPS) is 17.2. The second-order valence-corrected chi connectivity index (χ2v) is 13.5. The molecule has 2 aliphatic heterocycles. The molecule has 0 spiro atoms. The molecular formula is C29H32ClFN4O6S. The zero-order chi connectivity index (χ0) is 30.6. The molecule has 3 aromatic rings. The predicted molar refractivity (Wildman–Crippen MR) is 158 cm³/mol. The van der Waals surface area contributed by atoms with Crippen LogP contribution in [0.5, 0.6) is 5.75 Å². The number of hydrogen-bond donors (Lipinski definition) is 1. The summed E-state index contributed by atoms with van der Waals surface area (Å²) in [6.45, 7) is 11.7. The Balaban J connectivity index is 1.44. The number of amides is 3. The zero-order valence-corrected chi connectivity index (χ0v) is 25.7. The third kappa shape index (κ3) is 6.24. The molecule has 2 aromatic carbocycles. The standard InChI is InChI=1S/C29H32ClFN4O6S/c1-28(2,3)40-26(37)33-25-32-22-16(7-8-20(31)23(22)42-25)17-12-21-18(11-19(17)30)24(36)35-10-9-34(13-15(35)14-39-21)27(38)41-29(4,5)6/h7-8,11-12,15H,9-10,13-14H2,1-6H3,(H,32,33,37)/t15-/m1/s1. The lowest BCUT2D eigenvalue weighted by Crippen LogP contribution is -2.58. The van der Waals surface area contributed by atoms with Gasteiger partial charge in [0.2, 0.25) is 0 Å². The number of rotatable bonds is 2. The SMILES string of the molecule is CC(C)(C)OC(=O)Nc1nc2c(-c3cc4c(cc3Cl)C(=O)N3CCN(C(=O)OC(C)(C)C)C[C@@H]3CO4)ccc(F)c2s1. The van der Waals surface area contributed by atoms with Gasteiger partial charge in [0.25, 0.3) is 5.91 Å². The number of benzene rings is 2. The van der Waals surface area contributed by atoms with Crippen LogP contribution in [0.2, 0.25) is 5.02 Å². The number of ether oxygens (including phenoxy) is 3. The number of hydrogen-bond acceptors (Lipinski definition) is 8. The maximum Gasteiger partial charge on any atom is 0.413 e. The van der Waals surface area contributed by atoms with Crippen LogP contribution in [-0.4, -0.2) is 76.4 Å². The highest BCUT2D eigenvalue weighted by Crippen LogP contribution is 2.42. The summed E-state index contributed by atoms with van der Waals surface area (Å²) in [6, 6.07) is 5.65. The van der Waals surface area contributed by atoms with Gasteiger partial charge in [-0.15, -0.1) is 0 Å². The van der Waals surface area contributed by atoms with Crippen molar-refractivity contribution in [2.75, 3.05) is 31.6 Å². The molecule has 0 saturated carbocycles. The maximum absolute atomic E-state index is 14.8. The van der Waals surface area contributed by atoms with Gasteiger partial charge in [-0.3, -0.25) is 10.1 Å². The third-order valence-electron chi connectivity index (χ3n) is 6.52. The zero-order valence-electron chi connectivity index (χ0n) is 24.2. The highest BCUT2D eigenvalue weighted by Gasteiger charge is 2.38. The molecule has 1 N–H and O–H groups in total. The first-order chi connectivity index (χ1) is 19.6. The fraction of sp³-hybridized carbons (Fsp3) is 0.448. The minimum atomic E-state index is -0.716. The van der Waals surface area contributed by atoms with Gasteiger partial charge in [0, 0.05) is 35.8 Å². The first kappa shape index (κ1) is 29.8. The van der Waals surface area contributed by atoms with E-state index in [-0.39, 0.29) is 40.0 Å². The van der Waals surface area contributed by atoms with E-state index in [1.54, 1.807) is 69.5 Å². The summed E-state index contributed by atoms with van der Waals surface area (Å²) < 4.78 is 31.9. The van der Waals surface area contributed by atoms with Crippen molar-refractivity contribution in [2.24, 2.45) is 0 Å². The monoisotopic (exact) mass is 618 g/mol. The fourth-order valence-corrected chi connectivity index (χ4v) is 5.93. The Morgan fingerprint density at radius 2 is 1.79 bits per heavy atom. The Hall–Kier alpha value is -3.64. The van der Waals surface area contributed by atoms with E-state index in [0.29, 0.717) is 41.0 Å². The fourth-order valence-electron chi connectivity index (χ4n) is 4.78. The summed E-state index contributed by atoms with van der Waals surface area (Å²) in [6.07, 6.45) is -1.15. The second-order valence-electron chi connectivity index (χ2n) is 12.1. The molecule has 3 amide bonds. The maximum atomic E-state index is 14.8. The molecule has 13 heteroatoms. The molecule has 5 rings (SSSR count). The molecule has 1 fully saturated rings. The van der Waals surface area contributed by atoms with Crippen LogP contribution in [0.1, 0.15) is 51.9 Å². The lowest BCUT2D eigenvalue weighted by molar-refractivity contribution is 0.000946. The van der Waals surface area contributed by atoms with Gasteiger partial charge in [-0.1, -0.05) is 22.9 Å². The van der Waals surface area contributed by atoms with Gasteiger partial charge in [0.15, 0.2) is 5.13 Å². The first-order valence-electron chi connectivity index (χ1n) is 13.4. The van der Waals surface area contributed by atoms with Crippen molar-refractivity contribution in [3.8, 4) is 16.9 Å². The Kier molecular flexibility index (Phi) is 7.73. The number of carbonyl (C=O) groups is 3. The van der Waals surface area contributed by atoms with Gasteiger partial charge >= 0.3 is 12.2 Å². The molecule has 1 saturated heterocycles. The highest BCUT2D eigenvalue weighted by molar-refractivity contribution is 7.22. The molecule has 1 aromatic heterocycles. The molecule has 0 unspecified atom stereocenters. The summed E-state index contributed by atoms with van der Waals surface area (Å²) in [5.74, 6) is -0.448. The van der Waals surface area contributed by atoms with Gasteiger partial charge in [-0.25, -0.2) is 19.0 Å². The van der Waals surface area contributed by atoms with Gasteiger partial charge in [-0.2, -0.15) is 0 Å². The van der Waals surface area contributed by atoms with E-state index < -0.39 is 29.2 Å². The lowest BCUT2D eigenvalue weighted by Gasteiger charge is -2.40. The molecule has 3 heterocycles. The van der Waals surface area contributed by atoms with Gasteiger partial charge < -0.3 is 24.0 Å². The number of anilines is 1. The van der Waals surface area contributed by atoms with Crippen molar-refractivity contribution in [1.82, 2.24) is 14.8 Å². The molecule has 224 valence electrons. The number of nitrogens with zero attached hydrogens (tertiary/aromatic N) is 3. The average Bonchev–Trinajstić information content (AvgIpc) is 3.24. The Bertz CT molecular complexity index is 1580. The highest BCUT2D eigenvalue weighted by atomic mass is 35.5. The van der Waals surface area contributed by atoms with Gasteiger partial charge in [0.05, 0.1) is 21.8 Å². The minimum Gasteiger partial charge on any atom is -0.491 e. The van der Waals surface area contributed by atoms with Crippen LogP contribution in [-0.2, 0) is 9.47 Å². The number of aromatic nitrogens is 1. The van der Waals surface area contributed by atoms with Crippen molar-refractivity contribution in [2.45, 2.75) is 58.8 Å². The van der Waals surface area contributed by atoms with E-state index in [4.69, 9.17) is 25.8 Å². The molecular weight excluding hydrogens is 587 g/mol. The molecule has 0 bridgehead atoms. The van der Waals surface area contributed by atoms with Crippen LogP contribution in [0, 0.1) is 5.82 Å². The van der Waals surface area contributed by atoms with E-state index in [9.17, 15) is 18.8 Å². The number of piperazine rings is 1. The summed E-state index contributed by atoms with van der Waals surface area (Å²) in [5, 5.41) is 2.97. The molecule has 42 heavy (non-hydrogen) atoms. The van der Waals surface area contributed by atoms with Crippen molar-refractivity contribution < 1.29 is 33.0 Å². The number of fused-ring (bicyclic) bond motifs is 3. The summed E-state index contributed by atoms with van der Waals surface area (Å²) in [4.78, 5) is 46.2. The summed E-state index contributed by atoms with van der Waals surface area (Å²) >= 11 is 7.69. The molecule has 10 nitrogen and oxygen atoms in total. The quantitative estimate of drug-likeness (QED) is 0.346. The largest absolute Gasteiger partial charge is 0.491 e. The first-order valence-corrected chi connectivity index (χ1v) is 14.6. The predicted octanol–water partition coefficient (Wildman–Crippen LogP) is 6.56. The van der Waals surface area contributed by atoms with Crippen molar-refractivity contribution in [3.63, 3.8) is 0 Å². The van der Waals surface area contributed by atoms with Crippen molar-refractivity contribution in [1.29, 1.82) is 0 Å². The molecule has 0 aliphatic carbocycles. The van der Waals surface area contributed by atoms with Crippen molar-refractivity contribution >= 4 is 56.4 Å². The number of nitrogens with one attached hydrogen (secondary N) is 1. The van der Waals surface area contributed by atoms with E-state index in [2.05, 4.69) is 10.3 Å².